The van der Waals surface area contributed by atoms with Crippen LogP contribution in [0.2, 0.25) is 0 Å². The molecule has 12 nitrogen and oxygen atoms in total. The number of nitrogens with one attached hydrogen (secondary N) is 1. The van der Waals surface area contributed by atoms with Crippen LogP contribution in [0.15, 0.2) is 71.8 Å². The van der Waals surface area contributed by atoms with Crippen molar-refractivity contribution in [3.05, 3.63) is 84.1 Å². The predicted octanol–water partition coefficient (Wildman–Crippen LogP) is 4.82. The number of nitrogens with zero attached hydrogens (tertiary/aromatic N) is 3. The van der Waals surface area contributed by atoms with E-state index in [4.69, 9.17) is 19.9 Å². The lowest BCUT2D eigenvalue weighted by Crippen LogP contribution is -2.40. The number of aromatic nitrogens is 2. The zero-order valence-corrected chi connectivity index (χ0v) is 26.5. The summed E-state index contributed by atoms with van der Waals surface area (Å²) >= 11 is 0. The molecule has 0 aliphatic carbocycles. The number of ether oxygens (including phenoxy) is 3. The number of carbonyl (C=O) groups excluding carboxylic acids is 1. The van der Waals surface area contributed by atoms with E-state index in [9.17, 15) is 27.1 Å². The number of fused-ring (bicyclic) bond motifs is 1. The molecule has 3 heterocycles. The molecule has 2 aromatic heterocycles. The molecule has 1 amide bonds. The summed E-state index contributed by atoms with van der Waals surface area (Å²) in [4.78, 5) is 22.7. The lowest BCUT2D eigenvalue weighted by molar-refractivity contribution is 0.0300. The minimum Gasteiger partial charge on any atom is -0.504 e. The van der Waals surface area contributed by atoms with Crippen LogP contribution in [0.25, 0.3) is 33.2 Å². The van der Waals surface area contributed by atoms with E-state index < -0.39 is 26.6 Å². The molecule has 3 aromatic carbocycles. The quantitative estimate of drug-likeness (QED) is 0.207. The number of halogens is 2. The Morgan fingerprint density at radius 2 is 1.75 bits per heavy atom. The first-order valence-corrected chi connectivity index (χ1v) is 16.0. The predicted molar refractivity (Wildman–Crippen MR) is 173 cm³/mol. The van der Waals surface area contributed by atoms with Gasteiger partial charge in [-0.2, -0.15) is 0 Å². The highest BCUT2D eigenvalue weighted by molar-refractivity contribution is 7.92. The number of benzene rings is 3. The normalized spacial score (nSPS) is 13.4. The van der Waals surface area contributed by atoms with Gasteiger partial charge >= 0.3 is 0 Å². The van der Waals surface area contributed by atoms with E-state index in [2.05, 4.69) is 14.7 Å². The summed E-state index contributed by atoms with van der Waals surface area (Å²) in [5.74, 6) is -2.75. The number of rotatable bonds is 8. The third-order valence-electron chi connectivity index (χ3n) is 7.80. The number of methoxy groups -OCH3 is 2. The van der Waals surface area contributed by atoms with Crippen LogP contribution < -0.4 is 19.9 Å². The van der Waals surface area contributed by atoms with Crippen LogP contribution in [0.4, 0.5) is 20.3 Å². The van der Waals surface area contributed by atoms with Gasteiger partial charge in [0.25, 0.3) is 15.9 Å². The van der Waals surface area contributed by atoms with Crippen molar-refractivity contribution in [3.8, 4) is 39.6 Å². The van der Waals surface area contributed by atoms with Crippen LogP contribution in [0, 0.1) is 11.6 Å². The smallest absolute Gasteiger partial charge is 0.264 e. The van der Waals surface area contributed by atoms with E-state index in [1.807, 2.05) is 0 Å². The van der Waals surface area contributed by atoms with E-state index in [0.717, 1.165) is 12.1 Å². The van der Waals surface area contributed by atoms with Crippen molar-refractivity contribution in [2.24, 2.45) is 0 Å². The molecule has 0 atom stereocenters. The lowest BCUT2D eigenvalue weighted by atomic mass is 9.98. The summed E-state index contributed by atoms with van der Waals surface area (Å²) in [6, 6.07) is 13.7. The molecule has 1 fully saturated rings. The molecule has 4 N–H and O–H groups in total. The van der Waals surface area contributed by atoms with E-state index in [0.29, 0.717) is 65.5 Å². The van der Waals surface area contributed by atoms with Gasteiger partial charge in [0.15, 0.2) is 11.5 Å². The molecule has 1 saturated heterocycles. The second kappa shape index (κ2) is 12.9. The molecule has 0 unspecified atom stereocenters. The maximum atomic E-state index is 14.3. The minimum atomic E-state index is -4.49. The molecule has 6 rings (SSSR count). The molecule has 0 bridgehead atoms. The SMILES string of the molecule is COc1ncc(-c2ccc3nc(N)c(-c4ccc(C(=O)N5CCOCC5)c(O)c4OC)cc3c2)cc1NS(=O)(=O)c1ccc(F)cc1F. The van der Waals surface area contributed by atoms with E-state index in [1.54, 1.807) is 35.2 Å². The molecule has 0 spiro atoms. The molecule has 0 saturated carbocycles. The van der Waals surface area contributed by atoms with Gasteiger partial charge in [-0.3, -0.25) is 9.52 Å². The molecule has 1 aliphatic heterocycles. The van der Waals surface area contributed by atoms with Crippen molar-refractivity contribution >= 4 is 38.3 Å². The highest BCUT2D eigenvalue weighted by Crippen LogP contribution is 2.43. The first kappa shape index (κ1) is 32.4. The van der Waals surface area contributed by atoms with Gasteiger partial charge in [-0.15, -0.1) is 0 Å². The Morgan fingerprint density at radius 1 is 0.979 bits per heavy atom. The number of phenols is 1. The zero-order valence-electron chi connectivity index (χ0n) is 25.7. The Kier molecular flexibility index (Phi) is 8.73. The number of pyridine rings is 2. The Labute approximate surface area is 273 Å². The average Bonchev–Trinajstić information content (AvgIpc) is 3.07. The third-order valence-corrected chi connectivity index (χ3v) is 9.20. The standard InChI is InChI=1S/C33H29F2N5O7S/c1-45-30-22(5-6-23(29(30)41)33(42)40-9-11-47-12-10-40)24-14-19-13-18(3-7-26(19)38-31(24)36)20-15-27(32(46-2)37-17-20)39-48(43,44)28-8-4-21(34)16-25(28)35/h3-8,13-17,39,41H,9-12H2,1-2H3,(H2,36,38). The number of carbonyl (C=O) groups is 1. The van der Waals surface area contributed by atoms with Gasteiger partial charge < -0.3 is 30.0 Å². The molecule has 15 heteroatoms. The fourth-order valence-electron chi connectivity index (χ4n) is 5.42. The summed E-state index contributed by atoms with van der Waals surface area (Å²) in [5.41, 5.74) is 8.80. The van der Waals surface area contributed by atoms with Crippen LogP contribution in [0.1, 0.15) is 10.4 Å². The summed E-state index contributed by atoms with van der Waals surface area (Å²) in [5, 5.41) is 11.7. The fraction of sp³-hybridized carbons (Fsp3) is 0.182. The summed E-state index contributed by atoms with van der Waals surface area (Å²) in [6.45, 7) is 1.61. The Bertz CT molecular complexity index is 2180. The number of phenolic OH excluding ortho intramolecular Hbond substituents is 1. The molecular formula is C33H29F2N5O7S. The van der Waals surface area contributed by atoms with Gasteiger partial charge in [0.1, 0.15) is 28.0 Å². The lowest BCUT2D eigenvalue weighted by Gasteiger charge is -2.27. The Hall–Kier alpha value is -5.54. The van der Waals surface area contributed by atoms with Gasteiger partial charge in [-0.1, -0.05) is 6.07 Å². The Balaban J connectivity index is 1.37. The van der Waals surface area contributed by atoms with Crippen molar-refractivity contribution in [2.45, 2.75) is 4.90 Å². The number of hydrogen-bond donors (Lipinski definition) is 3. The summed E-state index contributed by atoms with van der Waals surface area (Å²) in [6.07, 6.45) is 1.47. The molecular weight excluding hydrogens is 648 g/mol. The second-order valence-corrected chi connectivity index (χ2v) is 12.4. The second-order valence-electron chi connectivity index (χ2n) is 10.7. The van der Waals surface area contributed by atoms with E-state index in [1.165, 1.54) is 32.5 Å². The third kappa shape index (κ3) is 6.12. The number of hydrogen-bond acceptors (Lipinski definition) is 10. The highest BCUT2D eigenvalue weighted by Gasteiger charge is 2.26. The minimum absolute atomic E-state index is 0.0481. The Morgan fingerprint density at radius 3 is 2.46 bits per heavy atom. The van der Waals surface area contributed by atoms with Gasteiger partial charge in [-0.05, 0) is 54.1 Å². The van der Waals surface area contributed by atoms with Crippen LogP contribution in [-0.2, 0) is 14.8 Å². The van der Waals surface area contributed by atoms with Crippen LogP contribution in [0.5, 0.6) is 17.4 Å². The maximum absolute atomic E-state index is 14.3. The van der Waals surface area contributed by atoms with Crippen LogP contribution >= 0.6 is 0 Å². The van der Waals surface area contributed by atoms with Crippen LogP contribution in [0.3, 0.4) is 0 Å². The fourth-order valence-corrected chi connectivity index (χ4v) is 6.53. The molecule has 5 aromatic rings. The van der Waals surface area contributed by atoms with Crippen molar-refractivity contribution in [1.29, 1.82) is 0 Å². The van der Waals surface area contributed by atoms with E-state index >= 15 is 0 Å². The number of morpholine rings is 1. The van der Waals surface area contributed by atoms with Crippen LogP contribution in [-0.4, -0.2) is 74.8 Å². The van der Waals surface area contributed by atoms with Crippen molar-refractivity contribution in [3.63, 3.8) is 0 Å². The van der Waals surface area contributed by atoms with Gasteiger partial charge in [0.2, 0.25) is 5.88 Å². The van der Waals surface area contributed by atoms with Crippen molar-refractivity contribution < 1.29 is 41.3 Å². The number of nitrogen functional groups attached to an aromatic ring is 1. The number of amides is 1. The summed E-state index contributed by atoms with van der Waals surface area (Å²) < 4.78 is 72.1. The van der Waals surface area contributed by atoms with Gasteiger partial charge in [-0.25, -0.2) is 27.2 Å². The molecule has 48 heavy (non-hydrogen) atoms. The summed E-state index contributed by atoms with van der Waals surface area (Å²) in [7, 11) is -1.82. The number of nitrogens with two attached hydrogens (primary N) is 1. The number of aromatic hydroxyl groups is 1. The topological polar surface area (TPSA) is 166 Å². The highest BCUT2D eigenvalue weighted by atomic mass is 32.2. The average molecular weight is 678 g/mol. The van der Waals surface area contributed by atoms with Crippen molar-refractivity contribution in [1.82, 2.24) is 14.9 Å². The molecule has 0 radical (unpaired) electrons. The van der Waals surface area contributed by atoms with Crippen molar-refractivity contribution in [2.75, 3.05) is 51.0 Å². The zero-order chi connectivity index (χ0) is 34.2. The molecule has 248 valence electrons. The number of anilines is 2. The number of sulfonamides is 1. The first-order valence-electron chi connectivity index (χ1n) is 14.5. The molecule has 1 aliphatic rings. The first-order chi connectivity index (χ1) is 23.0. The van der Waals surface area contributed by atoms with Gasteiger partial charge in [0, 0.05) is 47.4 Å². The van der Waals surface area contributed by atoms with E-state index in [-0.39, 0.29) is 40.4 Å². The monoisotopic (exact) mass is 677 g/mol. The van der Waals surface area contributed by atoms with Gasteiger partial charge in [0.05, 0.1) is 38.5 Å². The maximum Gasteiger partial charge on any atom is 0.264 e. The largest absolute Gasteiger partial charge is 0.504 e.